The van der Waals surface area contributed by atoms with Crippen molar-refractivity contribution in [2.75, 3.05) is 17.7 Å². The van der Waals surface area contributed by atoms with Crippen molar-refractivity contribution in [3.8, 4) is 0 Å². The molecule has 0 fully saturated rings. The molecule has 104 valence electrons. The van der Waals surface area contributed by atoms with E-state index in [1.807, 2.05) is 6.92 Å². The number of carbonyl (C=O) groups excluding carboxylic acids is 1. The van der Waals surface area contributed by atoms with E-state index in [0.29, 0.717) is 5.82 Å². The summed E-state index contributed by atoms with van der Waals surface area (Å²) in [7, 11) is 1.57. The van der Waals surface area contributed by atoms with Crippen LogP contribution in [0.25, 0.3) is 0 Å². The molecule has 0 saturated carbocycles. The number of nitrogens with one attached hydrogen (secondary N) is 2. The fourth-order valence-corrected chi connectivity index (χ4v) is 1.99. The number of pyridine rings is 1. The quantitative estimate of drug-likeness (QED) is 0.899. The van der Waals surface area contributed by atoms with Crippen LogP contribution in [0.15, 0.2) is 34.8 Å². The van der Waals surface area contributed by atoms with Crippen LogP contribution < -0.4 is 10.6 Å². The first kappa shape index (κ1) is 14.5. The van der Waals surface area contributed by atoms with Crippen LogP contribution in [0.5, 0.6) is 0 Å². The molecular weight excluding hydrogens is 325 g/mol. The molecule has 2 rings (SSSR count). The van der Waals surface area contributed by atoms with Gasteiger partial charge in [-0.05, 0) is 47.1 Å². The minimum absolute atomic E-state index is 0.166. The largest absolute Gasteiger partial charge is 0.385 e. The average Bonchev–Trinajstić information content (AvgIpc) is 2.42. The predicted molar refractivity (Wildman–Crippen MR) is 80.6 cm³/mol. The molecule has 6 heteroatoms. The number of anilines is 2. The Balaban J connectivity index is 2.28. The zero-order chi connectivity index (χ0) is 14.7. The number of amides is 1. The predicted octanol–water partition coefficient (Wildman–Crippen LogP) is 3.59. The Morgan fingerprint density at radius 3 is 2.70 bits per heavy atom. The lowest BCUT2D eigenvalue weighted by atomic mass is 10.1. The second-order valence-electron chi connectivity index (χ2n) is 4.13. The zero-order valence-electron chi connectivity index (χ0n) is 11.0. The minimum atomic E-state index is -0.472. The van der Waals surface area contributed by atoms with Gasteiger partial charge in [-0.1, -0.05) is 6.07 Å². The van der Waals surface area contributed by atoms with Gasteiger partial charge in [0, 0.05) is 11.5 Å². The maximum Gasteiger partial charge on any atom is 0.259 e. The van der Waals surface area contributed by atoms with E-state index in [2.05, 4.69) is 31.5 Å². The first-order valence-electron chi connectivity index (χ1n) is 5.93. The van der Waals surface area contributed by atoms with Crippen LogP contribution in [0.3, 0.4) is 0 Å². The van der Waals surface area contributed by atoms with Crippen LogP contribution in [0.1, 0.15) is 16.1 Å². The number of hydrogen-bond acceptors (Lipinski definition) is 3. The van der Waals surface area contributed by atoms with Gasteiger partial charge >= 0.3 is 0 Å². The van der Waals surface area contributed by atoms with E-state index in [1.165, 1.54) is 12.1 Å². The van der Waals surface area contributed by atoms with E-state index in [9.17, 15) is 9.18 Å². The van der Waals surface area contributed by atoms with E-state index in [1.54, 1.807) is 25.2 Å². The van der Waals surface area contributed by atoms with Gasteiger partial charge in [-0.15, -0.1) is 0 Å². The molecule has 0 bridgehead atoms. The van der Waals surface area contributed by atoms with Crippen LogP contribution in [-0.2, 0) is 0 Å². The molecule has 0 aliphatic rings. The van der Waals surface area contributed by atoms with Crippen molar-refractivity contribution < 1.29 is 9.18 Å². The van der Waals surface area contributed by atoms with Crippen LogP contribution in [0.4, 0.5) is 15.9 Å². The van der Waals surface area contributed by atoms with Crippen LogP contribution >= 0.6 is 15.9 Å². The lowest BCUT2D eigenvalue weighted by Crippen LogP contribution is -2.15. The lowest BCUT2D eigenvalue weighted by Gasteiger charge is -2.10. The molecular formula is C14H13BrFN3O. The van der Waals surface area contributed by atoms with Gasteiger partial charge in [0.1, 0.15) is 11.6 Å². The maximum atomic E-state index is 13.6. The second kappa shape index (κ2) is 6.00. The summed E-state index contributed by atoms with van der Waals surface area (Å²) in [6, 6.07) is 7.81. The summed E-state index contributed by atoms with van der Waals surface area (Å²) in [6.07, 6.45) is 0. The number of benzene rings is 1. The van der Waals surface area contributed by atoms with Crippen molar-refractivity contribution >= 4 is 33.3 Å². The van der Waals surface area contributed by atoms with Gasteiger partial charge < -0.3 is 10.6 Å². The highest BCUT2D eigenvalue weighted by Crippen LogP contribution is 2.21. The van der Waals surface area contributed by atoms with Crippen molar-refractivity contribution in [3.63, 3.8) is 0 Å². The number of para-hydroxylation sites is 1. The Morgan fingerprint density at radius 2 is 2.05 bits per heavy atom. The third kappa shape index (κ3) is 2.96. The molecule has 1 aromatic heterocycles. The zero-order valence-corrected chi connectivity index (χ0v) is 12.6. The maximum absolute atomic E-state index is 13.6. The summed E-state index contributed by atoms with van der Waals surface area (Å²) in [5.41, 5.74) is 1.16. The molecule has 1 amide bonds. The first-order valence-corrected chi connectivity index (χ1v) is 6.73. The Kier molecular flexibility index (Phi) is 4.34. The SMILES string of the molecule is CNc1c(F)cccc1C(=O)Nc1ccc(Br)c(C)n1. The Morgan fingerprint density at radius 1 is 1.30 bits per heavy atom. The highest BCUT2D eigenvalue weighted by Gasteiger charge is 2.14. The molecule has 0 spiro atoms. The summed E-state index contributed by atoms with van der Waals surface area (Å²) in [5.74, 6) is -0.467. The van der Waals surface area contributed by atoms with E-state index in [0.717, 1.165) is 10.2 Å². The number of aryl methyl sites for hydroxylation is 1. The van der Waals surface area contributed by atoms with E-state index >= 15 is 0 Å². The van der Waals surface area contributed by atoms with E-state index < -0.39 is 11.7 Å². The number of hydrogen-bond donors (Lipinski definition) is 2. The molecule has 0 unspecified atom stereocenters. The van der Waals surface area contributed by atoms with Crippen molar-refractivity contribution in [2.45, 2.75) is 6.92 Å². The molecule has 0 radical (unpaired) electrons. The van der Waals surface area contributed by atoms with Gasteiger partial charge in [-0.25, -0.2) is 9.37 Å². The lowest BCUT2D eigenvalue weighted by molar-refractivity contribution is 0.102. The topological polar surface area (TPSA) is 54.0 Å². The van der Waals surface area contributed by atoms with E-state index in [4.69, 9.17) is 0 Å². The molecule has 1 aromatic carbocycles. The smallest absolute Gasteiger partial charge is 0.259 e. The summed E-state index contributed by atoms with van der Waals surface area (Å²) < 4.78 is 14.5. The second-order valence-corrected chi connectivity index (χ2v) is 4.98. The van der Waals surface area contributed by atoms with Gasteiger partial charge in [0.15, 0.2) is 0 Å². The van der Waals surface area contributed by atoms with Gasteiger partial charge in [0.25, 0.3) is 5.91 Å². The Bertz CT molecular complexity index is 661. The van der Waals surface area contributed by atoms with Crippen molar-refractivity contribution in [3.05, 3.63) is 51.9 Å². The van der Waals surface area contributed by atoms with Gasteiger partial charge in [0.05, 0.1) is 16.9 Å². The Hall–Kier alpha value is -1.95. The molecule has 20 heavy (non-hydrogen) atoms. The number of carbonyl (C=O) groups is 1. The molecule has 2 aromatic rings. The fraction of sp³-hybridized carbons (Fsp3) is 0.143. The standard InChI is InChI=1S/C14H13BrFN3O/c1-8-10(15)6-7-12(18-8)19-14(20)9-4-3-5-11(16)13(9)17-2/h3-7,17H,1-2H3,(H,18,19,20). The Labute approximate surface area is 124 Å². The van der Waals surface area contributed by atoms with Gasteiger partial charge in [0.2, 0.25) is 0 Å². The third-order valence-electron chi connectivity index (χ3n) is 2.77. The molecule has 2 N–H and O–H groups in total. The normalized spacial score (nSPS) is 10.2. The van der Waals surface area contributed by atoms with Crippen molar-refractivity contribution in [2.24, 2.45) is 0 Å². The fourth-order valence-electron chi connectivity index (χ4n) is 1.76. The summed E-state index contributed by atoms with van der Waals surface area (Å²) >= 11 is 3.34. The highest BCUT2D eigenvalue weighted by atomic mass is 79.9. The van der Waals surface area contributed by atoms with E-state index in [-0.39, 0.29) is 11.3 Å². The third-order valence-corrected chi connectivity index (χ3v) is 3.61. The minimum Gasteiger partial charge on any atom is -0.385 e. The van der Waals surface area contributed by atoms with Gasteiger partial charge in [-0.2, -0.15) is 0 Å². The number of rotatable bonds is 3. The van der Waals surface area contributed by atoms with Crippen LogP contribution in [-0.4, -0.2) is 17.9 Å². The average molecular weight is 338 g/mol. The molecule has 0 aliphatic heterocycles. The molecule has 0 saturated heterocycles. The number of aromatic nitrogens is 1. The summed E-state index contributed by atoms with van der Waals surface area (Å²) in [6.45, 7) is 1.82. The molecule has 1 heterocycles. The monoisotopic (exact) mass is 337 g/mol. The first-order chi connectivity index (χ1) is 9.52. The molecule has 0 atom stereocenters. The number of halogens is 2. The van der Waals surface area contributed by atoms with Crippen molar-refractivity contribution in [1.82, 2.24) is 4.98 Å². The summed E-state index contributed by atoms with van der Waals surface area (Å²) in [5, 5.41) is 5.34. The molecule has 0 aliphatic carbocycles. The van der Waals surface area contributed by atoms with Crippen LogP contribution in [0.2, 0.25) is 0 Å². The number of nitrogens with zero attached hydrogens (tertiary/aromatic N) is 1. The van der Waals surface area contributed by atoms with Crippen molar-refractivity contribution in [1.29, 1.82) is 0 Å². The van der Waals surface area contributed by atoms with Gasteiger partial charge in [-0.3, -0.25) is 4.79 Å². The molecule has 4 nitrogen and oxygen atoms in total. The highest BCUT2D eigenvalue weighted by molar-refractivity contribution is 9.10. The van der Waals surface area contributed by atoms with Crippen LogP contribution in [0, 0.1) is 12.7 Å². The summed E-state index contributed by atoms with van der Waals surface area (Å²) in [4.78, 5) is 16.4.